The Morgan fingerprint density at radius 1 is 1.06 bits per heavy atom. The number of likely N-dealkylation sites (tertiary alicyclic amines) is 1. The second kappa shape index (κ2) is 11.2. The van der Waals surface area contributed by atoms with Crippen LogP contribution in [0.15, 0.2) is 48.5 Å². The third-order valence-corrected chi connectivity index (χ3v) is 7.36. The monoisotopic (exact) mass is 470 g/mol. The predicted octanol–water partition coefficient (Wildman–Crippen LogP) is 5.81. The molecule has 0 aromatic heterocycles. The minimum absolute atomic E-state index is 0.0582. The number of nitrogens with zero attached hydrogens (tertiary/aromatic N) is 1. The van der Waals surface area contributed by atoms with Crippen LogP contribution in [0.4, 0.5) is 4.39 Å². The van der Waals surface area contributed by atoms with Crippen molar-refractivity contribution in [3.63, 3.8) is 0 Å². The molecule has 1 saturated carbocycles. The van der Waals surface area contributed by atoms with E-state index in [2.05, 4.69) is 28.4 Å². The first-order valence-electron chi connectivity index (χ1n) is 11.8. The summed E-state index contributed by atoms with van der Waals surface area (Å²) in [7, 11) is 1.75. The molecule has 2 aromatic rings. The molecule has 0 unspecified atom stereocenters. The van der Waals surface area contributed by atoms with Gasteiger partial charge in [0.25, 0.3) is 0 Å². The lowest BCUT2D eigenvalue weighted by atomic mass is 9.85. The average Bonchev–Trinajstić information content (AvgIpc) is 2.85. The van der Waals surface area contributed by atoms with Gasteiger partial charge in [-0.25, -0.2) is 4.39 Å². The summed E-state index contributed by atoms with van der Waals surface area (Å²) < 4.78 is 19.5. The number of amides is 1. The van der Waals surface area contributed by atoms with Crippen molar-refractivity contribution in [2.45, 2.75) is 56.5 Å². The second-order valence-corrected chi connectivity index (χ2v) is 9.45. The predicted molar refractivity (Wildman–Crippen MR) is 131 cm³/mol. The minimum atomic E-state index is -0.502. The molecule has 1 aliphatic heterocycles. The molecule has 1 aliphatic carbocycles. The Labute approximate surface area is 200 Å². The Kier molecular flexibility index (Phi) is 8.05. The molecule has 33 heavy (non-hydrogen) atoms. The third-order valence-electron chi connectivity index (χ3n) is 7.06. The molecule has 2 aromatic carbocycles. The molecule has 0 spiro atoms. The minimum Gasteiger partial charge on any atom is -0.496 e. The highest BCUT2D eigenvalue weighted by Gasteiger charge is 2.30. The molecule has 4 rings (SSSR count). The highest BCUT2D eigenvalue weighted by molar-refractivity contribution is 6.30. The molecule has 0 bridgehead atoms. The van der Waals surface area contributed by atoms with Crippen LogP contribution in [-0.4, -0.2) is 43.1 Å². The quantitative estimate of drug-likeness (QED) is 0.542. The molecule has 1 amide bonds. The lowest BCUT2D eigenvalue weighted by Gasteiger charge is -2.41. The summed E-state index contributed by atoms with van der Waals surface area (Å²) in [6, 6.07) is 13.9. The fraction of sp³-hybridized carbons (Fsp3) is 0.444. The van der Waals surface area contributed by atoms with Crippen molar-refractivity contribution in [2.24, 2.45) is 0 Å². The number of halogens is 2. The van der Waals surface area contributed by atoms with E-state index in [0.29, 0.717) is 17.5 Å². The molecular weight excluding hydrogens is 439 g/mol. The Morgan fingerprint density at radius 3 is 2.52 bits per heavy atom. The standard InChI is InChI=1S/C27H32ClFN2O2/c1-33-25-8-3-2-6-23(25)19-15-17-31(18-16-19)22-12-10-21(11-13-22)30-26(32)14-9-20-5-4-7-24(28)27(20)29/h2-9,14,19,21-22H,10-13,15-18H2,1H3,(H,30,32)/b14-9+. The van der Waals surface area contributed by atoms with E-state index in [1.54, 1.807) is 19.2 Å². The van der Waals surface area contributed by atoms with E-state index in [1.165, 1.54) is 23.8 Å². The zero-order valence-corrected chi connectivity index (χ0v) is 19.9. The largest absolute Gasteiger partial charge is 0.496 e. The number of methoxy groups -OCH3 is 1. The van der Waals surface area contributed by atoms with Gasteiger partial charge in [0.2, 0.25) is 5.91 Å². The number of piperidine rings is 1. The zero-order chi connectivity index (χ0) is 23.2. The molecule has 1 N–H and O–H groups in total. The molecule has 2 fully saturated rings. The summed E-state index contributed by atoms with van der Waals surface area (Å²) in [5, 5.41) is 3.13. The summed E-state index contributed by atoms with van der Waals surface area (Å²) in [4.78, 5) is 14.9. The summed E-state index contributed by atoms with van der Waals surface area (Å²) >= 11 is 5.80. The third kappa shape index (κ3) is 5.96. The van der Waals surface area contributed by atoms with E-state index in [-0.39, 0.29) is 17.0 Å². The van der Waals surface area contributed by atoms with Crippen molar-refractivity contribution in [3.8, 4) is 5.75 Å². The molecule has 2 aliphatic rings. The highest BCUT2D eigenvalue weighted by Crippen LogP contribution is 2.36. The van der Waals surface area contributed by atoms with Crippen LogP contribution >= 0.6 is 11.6 Å². The van der Waals surface area contributed by atoms with Crippen LogP contribution in [0.25, 0.3) is 6.08 Å². The molecule has 6 heteroatoms. The van der Waals surface area contributed by atoms with Gasteiger partial charge in [0.1, 0.15) is 11.6 Å². The van der Waals surface area contributed by atoms with Crippen molar-refractivity contribution in [2.75, 3.05) is 20.2 Å². The number of hydrogen-bond acceptors (Lipinski definition) is 3. The number of carbonyl (C=O) groups excluding carboxylic acids is 1. The van der Waals surface area contributed by atoms with Crippen LogP contribution in [0.1, 0.15) is 55.6 Å². The smallest absolute Gasteiger partial charge is 0.244 e. The van der Waals surface area contributed by atoms with Crippen molar-refractivity contribution < 1.29 is 13.9 Å². The van der Waals surface area contributed by atoms with Crippen LogP contribution in [-0.2, 0) is 4.79 Å². The van der Waals surface area contributed by atoms with Gasteiger partial charge in [-0.05, 0) is 81.3 Å². The first kappa shape index (κ1) is 23.8. The van der Waals surface area contributed by atoms with Crippen molar-refractivity contribution >= 4 is 23.6 Å². The SMILES string of the molecule is COc1ccccc1C1CCN(C2CCC(NC(=O)/C=C/c3cccc(Cl)c3F)CC2)CC1. The van der Waals surface area contributed by atoms with Gasteiger partial charge in [0.05, 0.1) is 12.1 Å². The average molecular weight is 471 g/mol. The Bertz CT molecular complexity index is 980. The first-order chi connectivity index (χ1) is 16.0. The summed E-state index contributed by atoms with van der Waals surface area (Å²) in [6.07, 6.45) is 9.32. The molecule has 176 valence electrons. The zero-order valence-electron chi connectivity index (χ0n) is 19.1. The lowest BCUT2D eigenvalue weighted by Crippen LogP contribution is -2.46. The van der Waals surface area contributed by atoms with Gasteiger partial charge < -0.3 is 15.0 Å². The number of rotatable bonds is 6. The topological polar surface area (TPSA) is 41.6 Å². The van der Waals surface area contributed by atoms with E-state index in [9.17, 15) is 9.18 Å². The van der Waals surface area contributed by atoms with Crippen molar-refractivity contribution in [1.29, 1.82) is 0 Å². The summed E-state index contributed by atoms with van der Waals surface area (Å²) in [5.74, 6) is 0.872. The number of nitrogens with one attached hydrogen (secondary N) is 1. The fourth-order valence-electron chi connectivity index (χ4n) is 5.23. The number of ether oxygens (including phenoxy) is 1. The summed E-state index contributed by atoms with van der Waals surface area (Å²) in [6.45, 7) is 2.22. The first-order valence-corrected chi connectivity index (χ1v) is 12.2. The van der Waals surface area contributed by atoms with Crippen LogP contribution in [0.3, 0.4) is 0 Å². The molecular formula is C27H32ClFN2O2. The number of carbonyl (C=O) groups is 1. The second-order valence-electron chi connectivity index (χ2n) is 9.04. The normalized spacial score (nSPS) is 22.4. The van der Waals surface area contributed by atoms with Gasteiger partial charge in [0.15, 0.2) is 0 Å². The number of para-hydroxylation sites is 1. The van der Waals surface area contributed by atoms with Gasteiger partial charge in [0, 0.05) is 23.7 Å². The van der Waals surface area contributed by atoms with E-state index < -0.39 is 5.82 Å². The fourth-order valence-corrected chi connectivity index (χ4v) is 5.41. The van der Waals surface area contributed by atoms with Crippen LogP contribution in [0, 0.1) is 5.82 Å². The van der Waals surface area contributed by atoms with Gasteiger partial charge in [-0.3, -0.25) is 4.79 Å². The van der Waals surface area contributed by atoms with Crippen LogP contribution in [0.5, 0.6) is 5.75 Å². The Balaban J connectivity index is 1.22. The lowest BCUT2D eigenvalue weighted by molar-refractivity contribution is -0.117. The van der Waals surface area contributed by atoms with Crippen LogP contribution < -0.4 is 10.1 Å². The van der Waals surface area contributed by atoms with Gasteiger partial charge in [-0.1, -0.05) is 41.9 Å². The maximum absolute atomic E-state index is 14.0. The number of benzene rings is 2. The molecule has 0 atom stereocenters. The van der Waals surface area contributed by atoms with Crippen molar-refractivity contribution in [3.05, 3.63) is 70.5 Å². The molecule has 4 nitrogen and oxygen atoms in total. The molecule has 1 heterocycles. The summed E-state index contributed by atoms with van der Waals surface area (Å²) in [5.41, 5.74) is 1.65. The van der Waals surface area contributed by atoms with Crippen molar-refractivity contribution in [1.82, 2.24) is 10.2 Å². The molecule has 0 radical (unpaired) electrons. The van der Waals surface area contributed by atoms with E-state index >= 15 is 0 Å². The highest BCUT2D eigenvalue weighted by atomic mass is 35.5. The van der Waals surface area contributed by atoms with E-state index in [0.717, 1.165) is 57.4 Å². The van der Waals surface area contributed by atoms with Crippen LogP contribution in [0.2, 0.25) is 5.02 Å². The maximum atomic E-state index is 14.0. The Morgan fingerprint density at radius 2 is 1.79 bits per heavy atom. The van der Waals surface area contributed by atoms with E-state index in [1.807, 2.05) is 6.07 Å². The molecule has 1 saturated heterocycles. The van der Waals surface area contributed by atoms with Gasteiger partial charge in [-0.2, -0.15) is 0 Å². The van der Waals surface area contributed by atoms with Gasteiger partial charge >= 0.3 is 0 Å². The van der Waals surface area contributed by atoms with E-state index in [4.69, 9.17) is 16.3 Å². The van der Waals surface area contributed by atoms with Gasteiger partial charge in [-0.15, -0.1) is 0 Å². The number of hydrogen-bond donors (Lipinski definition) is 1. The maximum Gasteiger partial charge on any atom is 0.244 e. The Hall–Kier alpha value is -2.37.